The van der Waals surface area contributed by atoms with Gasteiger partial charge in [0.15, 0.2) is 0 Å². The van der Waals surface area contributed by atoms with E-state index in [0.29, 0.717) is 11.9 Å². The van der Waals surface area contributed by atoms with Crippen molar-refractivity contribution in [3.05, 3.63) is 16.1 Å². The predicted octanol–water partition coefficient (Wildman–Crippen LogP) is 2.99. The molecular weight excluding hydrogens is 248 g/mol. The van der Waals surface area contributed by atoms with E-state index in [1.165, 1.54) is 29.6 Å². The fourth-order valence-corrected chi connectivity index (χ4v) is 3.77. The van der Waals surface area contributed by atoms with Gasteiger partial charge in [0.2, 0.25) is 0 Å². The first-order chi connectivity index (χ1) is 7.31. The zero-order chi connectivity index (χ0) is 10.7. The maximum absolute atomic E-state index is 5.76. The minimum Gasteiger partial charge on any atom is -0.293 e. The van der Waals surface area contributed by atoms with Crippen LogP contribution in [0.1, 0.15) is 23.7 Å². The maximum atomic E-state index is 5.76. The quantitative estimate of drug-likeness (QED) is 0.779. The summed E-state index contributed by atoms with van der Waals surface area (Å²) < 4.78 is 0. The minimum absolute atomic E-state index is 0.452. The van der Waals surface area contributed by atoms with Crippen molar-refractivity contribution in [1.82, 2.24) is 9.88 Å². The van der Waals surface area contributed by atoms with Crippen LogP contribution in [-0.4, -0.2) is 34.5 Å². The monoisotopic (exact) mass is 262 g/mol. The van der Waals surface area contributed by atoms with E-state index < -0.39 is 0 Å². The highest BCUT2D eigenvalue weighted by molar-refractivity contribution is 7.99. The van der Waals surface area contributed by atoms with Crippen LogP contribution in [0.2, 0.25) is 0 Å². The molecule has 0 amide bonds. The summed E-state index contributed by atoms with van der Waals surface area (Å²) in [6, 6.07) is 0.452. The van der Waals surface area contributed by atoms with E-state index in [-0.39, 0.29) is 0 Å². The number of rotatable bonds is 3. The zero-order valence-electron chi connectivity index (χ0n) is 8.78. The van der Waals surface area contributed by atoms with E-state index in [4.69, 9.17) is 11.6 Å². The Bertz CT molecular complexity index is 310. The van der Waals surface area contributed by atoms with Crippen LogP contribution in [0.15, 0.2) is 5.38 Å². The van der Waals surface area contributed by atoms with Crippen LogP contribution < -0.4 is 0 Å². The molecule has 5 heteroatoms. The molecule has 1 saturated heterocycles. The summed E-state index contributed by atoms with van der Waals surface area (Å²) in [5.41, 5.74) is 1.01. The van der Waals surface area contributed by atoms with Gasteiger partial charge < -0.3 is 0 Å². The van der Waals surface area contributed by atoms with Gasteiger partial charge in [-0.25, -0.2) is 4.98 Å². The number of aromatic nitrogens is 1. The molecule has 0 aromatic carbocycles. The lowest BCUT2D eigenvalue weighted by Gasteiger charge is -2.30. The van der Waals surface area contributed by atoms with Crippen molar-refractivity contribution in [1.29, 1.82) is 0 Å². The van der Waals surface area contributed by atoms with Gasteiger partial charge in [-0.1, -0.05) is 0 Å². The number of thiazole rings is 1. The van der Waals surface area contributed by atoms with Gasteiger partial charge in [-0.15, -0.1) is 22.9 Å². The molecular formula is C10H15ClN2S2. The van der Waals surface area contributed by atoms with Crippen LogP contribution in [0.5, 0.6) is 0 Å². The maximum Gasteiger partial charge on any atom is 0.110 e. The van der Waals surface area contributed by atoms with Crippen LogP contribution in [0.3, 0.4) is 0 Å². The summed E-state index contributed by atoms with van der Waals surface area (Å²) in [6.07, 6.45) is 0. The molecule has 0 spiro atoms. The molecule has 1 aromatic rings. The highest BCUT2D eigenvalue weighted by atomic mass is 35.5. The summed E-state index contributed by atoms with van der Waals surface area (Å²) in [5, 5.41) is 3.27. The molecule has 1 aliphatic rings. The lowest BCUT2D eigenvalue weighted by molar-refractivity contribution is 0.233. The number of thioether (sulfide) groups is 1. The van der Waals surface area contributed by atoms with Gasteiger partial charge in [-0.2, -0.15) is 11.8 Å². The topological polar surface area (TPSA) is 16.1 Å². The number of nitrogens with zero attached hydrogens (tertiary/aromatic N) is 2. The first-order valence-corrected chi connectivity index (χ1v) is 7.70. The first-order valence-electron chi connectivity index (χ1n) is 5.13. The van der Waals surface area contributed by atoms with Crippen LogP contribution in [0.25, 0.3) is 0 Å². The Hall–Kier alpha value is 0.230. The van der Waals surface area contributed by atoms with Crippen LogP contribution in [0.4, 0.5) is 0 Å². The van der Waals surface area contributed by atoms with E-state index in [1.807, 2.05) is 11.8 Å². The molecule has 1 unspecified atom stereocenters. The predicted molar refractivity (Wildman–Crippen MR) is 69.0 cm³/mol. The molecule has 84 valence electrons. The van der Waals surface area contributed by atoms with Crippen molar-refractivity contribution in [2.75, 3.05) is 24.6 Å². The Morgan fingerprint density at radius 2 is 2.27 bits per heavy atom. The smallest absolute Gasteiger partial charge is 0.110 e. The van der Waals surface area contributed by atoms with Gasteiger partial charge >= 0.3 is 0 Å². The highest BCUT2D eigenvalue weighted by Gasteiger charge is 2.20. The fraction of sp³-hybridized carbons (Fsp3) is 0.700. The molecule has 0 aliphatic carbocycles. The second kappa shape index (κ2) is 5.53. The molecule has 2 nitrogen and oxygen atoms in total. The third kappa shape index (κ3) is 2.87. The molecule has 1 aromatic heterocycles. The number of alkyl halides is 1. The van der Waals surface area contributed by atoms with Crippen LogP contribution >= 0.6 is 34.7 Å². The third-order valence-electron chi connectivity index (χ3n) is 2.66. The molecule has 0 radical (unpaired) electrons. The van der Waals surface area contributed by atoms with E-state index in [2.05, 4.69) is 22.2 Å². The van der Waals surface area contributed by atoms with Crippen molar-refractivity contribution < 1.29 is 0 Å². The lowest BCUT2D eigenvalue weighted by atomic mass is 10.3. The molecule has 0 N–H and O–H groups in total. The van der Waals surface area contributed by atoms with Gasteiger partial charge in [0, 0.05) is 30.0 Å². The Morgan fingerprint density at radius 1 is 1.53 bits per heavy atom. The second-order valence-corrected chi connectivity index (χ2v) is 6.02. The lowest BCUT2D eigenvalue weighted by Crippen LogP contribution is -2.34. The normalized spacial score (nSPS) is 20.4. The van der Waals surface area contributed by atoms with Crippen molar-refractivity contribution >= 4 is 34.7 Å². The Kier molecular flexibility index (Phi) is 4.31. The van der Waals surface area contributed by atoms with Crippen molar-refractivity contribution in [2.24, 2.45) is 0 Å². The molecule has 1 fully saturated rings. The minimum atomic E-state index is 0.452. The molecule has 1 aliphatic heterocycles. The molecule has 0 bridgehead atoms. The van der Waals surface area contributed by atoms with Gasteiger partial charge in [0.1, 0.15) is 5.01 Å². The SMILES string of the molecule is CC(c1nc(CCl)cs1)N1CCSCC1. The van der Waals surface area contributed by atoms with E-state index in [1.54, 1.807) is 11.3 Å². The average molecular weight is 263 g/mol. The first kappa shape index (κ1) is 11.7. The summed E-state index contributed by atoms with van der Waals surface area (Å²) in [4.78, 5) is 7.05. The standard InChI is InChI=1S/C10H15ClN2S2/c1-8(13-2-4-14-5-3-13)10-12-9(6-11)7-15-10/h7-8H,2-6H2,1H3. The Balaban J connectivity index is 2.02. The fourth-order valence-electron chi connectivity index (χ4n) is 1.70. The van der Waals surface area contributed by atoms with Crippen molar-refractivity contribution in [2.45, 2.75) is 18.8 Å². The average Bonchev–Trinajstić information content (AvgIpc) is 2.78. The zero-order valence-corrected chi connectivity index (χ0v) is 11.2. The number of hydrogen-bond acceptors (Lipinski definition) is 4. The summed E-state index contributed by atoms with van der Waals surface area (Å²) in [5.74, 6) is 3.02. The summed E-state index contributed by atoms with van der Waals surface area (Å²) in [7, 11) is 0. The van der Waals surface area contributed by atoms with Crippen molar-refractivity contribution in [3.8, 4) is 0 Å². The van der Waals surface area contributed by atoms with E-state index in [0.717, 1.165) is 5.69 Å². The third-order valence-corrected chi connectivity index (χ3v) is 4.94. The summed E-state index contributed by atoms with van der Waals surface area (Å²) >= 11 is 9.53. The van der Waals surface area contributed by atoms with E-state index >= 15 is 0 Å². The van der Waals surface area contributed by atoms with Gasteiger partial charge in [-0.3, -0.25) is 4.90 Å². The van der Waals surface area contributed by atoms with Gasteiger partial charge in [0.05, 0.1) is 17.6 Å². The van der Waals surface area contributed by atoms with Gasteiger partial charge in [0.25, 0.3) is 0 Å². The van der Waals surface area contributed by atoms with Crippen LogP contribution in [-0.2, 0) is 5.88 Å². The molecule has 0 saturated carbocycles. The Morgan fingerprint density at radius 3 is 2.87 bits per heavy atom. The Labute approximate surface area is 104 Å². The second-order valence-electron chi connectivity index (χ2n) is 3.64. The molecule has 2 rings (SSSR count). The van der Waals surface area contributed by atoms with Crippen LogP contribution in [0, 0.1) is 0 Å². The largest absolute Gasteiger partial charge is 0.293 e. The van der Waals surface area contributed by atoms with Crippen molar-refractivity contribution in [3.63, 3.8) is 0 Å². The summed E-state index contributed by atoms with van der Waals surface area (Å²) in [6.45, 7) is 4.61. The van der Waals surface area contributed by atoms with E-state index in [9.17, 15) is 0 Å². The molecule has 1 atom stereocenters. The molecule has 15 heavy (non-hydrogen) atoms. The number of halogens is 1. The van der Waals surface area contributed by atoms with Gasteiger partial charge in [-0.05, 0) is 6.92 Å². The highest BCUT2D eigenvalue weighted by Crippen LogP contribution is 2.26. The number of hydrogen-bond donors (Lipinski definition) is 0. The molecule has 2 heterocycles.